The maximum Gasteiger partial charge on any atom is 0.276 e. The van der Waals surface area contributed by atoms with E-state index in [0.717, 1.165) is 54.3 Å². The Balaban J connectivity index is 1.28. The summed E-state index contributed by atoms with van der Waals surface area (Å²) in [5.74, 6) is 1.45. The molecule has 1 saturated heterocycles. The molecule has 0 spiro atoms. The third kappa shape index (κ3) is 3.05. The van der Waals surface area contributed by atoms with Crippen molar-refractivity contribution in [1.82, 2.24) is 15.0 Å². The van der Waals surface area contributed by atoms with Gasteiger partial charge in [-0.1, -0.05) is 23.4 Å². The van der Waals surface area contributed by atoms with Crippen molar-refractivity contribution in [2.75, 3.05) is 13.1 Å². The molecular weight excluding hydrogens is 342 g/mol. The Morgan fingerprint density at radius 3 is 3.00 bits per heavy atom. The predicted octanol–water partition coefficient (Wildman–Crippen LogP) is 3.40. The maximum absolute atomic E-state index is 12.9. The van der Waals surface area contributed by atoms with Gasteiger partial charge < -0.3 is 14.2 Å². The van der Waals surface area contributed by atoms with E-state index >= 15 is 0 Å². The van der Waals surface area contributed by atoms with Crippen LogP contribution in [0.5, 0.6) is 5.88 Å². The van der Waals surface area contributed by atoms with Gasteiger partial charge in [-0.25, -0.2) is 4.98 Å². The molecule has 1 atom stereocenters. The zero-order valence-electron chi connectivity index (χ0n) is 15.1. The molecular formula is C21H21N3O3. The first-order chi connectivity index (χ1) is 13.3. The number of pyridine rings is 1. The summed E-state index contributed by atoms with van der Waals surface area (Å²) in [4.78, 5) is 19.3. The number of hydrogen-bond donors (Lipinski definition) is 0. The Hall–Kier alpha value is -2.89. The average Bonchev–Trinajstić information content (AvgIpc) is 3.34. The summed E-state index contributed by atoms with van der Waals surface area (Å²) in [7, 11) is 0. The summed E-state index contributed by atoms with van der Waals surface area (Å²) in [6, 6.07) is 11.9. The van der Waals surface area contributed by atoms with Gasteiger partial charge in [0.2, 0.25) is 5.88 Å². The van der Waals surface area contributed by atoms with Crippen LogP contribution in [0.4, 0.5) is 0 Å². The summed E-state index contributed by atoms with van der Waals surface area (Å²) >= 11 is 0. The molecule has 27 heavy (non-hydrogen) atoms. The van der Waals surface area contributed by atoms with E-state index in [1.54, 1.807) is 0 Å². The zero-order chi connectivity index (χ0) is 18.2. The number of aryl methyl sites for hydroxylation is 1. The SMILES string of the molecule is O=C(c1noc2c1CCCC2)N1CCC(Oc2ccc3ccccc3n2)C1. The van der Waals surface area contributed by atoms with Crippen LogP contribution in [0, 0.1) is 0 Å². The summed E-state index contributed by atoms with van der Waals surface area (Å²) in [5, 5.41) is 5.15. The van der Waals surface area contributed by atoms with Crippen LogP contribution in [0.2, 0.25) is 0 Å². The molecule has 2 aliphatic rings. The van der Waals surface area contributed by atoms with E-state index in [0.29, 0.717) is 24.7 Å². The monoisotopic (exact) mass is 363 g/mol. The van der Waals surface area contributed by atoms with E-state index in [9.17, 15) is 4.79 Å². The lowest BCUT2D eigenvalue weighted by Crippen LogP contribution is -2.32. The van der Waals surface area contributed by atoms with E-state index in [2.05, 4.69) is 10.1 Å². The van der Waals surface area contributed by atoms with Crippen molar-refractivity contribution in [3.05, 3.63) is 53.4 Å². The fourth-order valence-electron chi connectivity index (χ4n) is 4.00. The van der Waals surface area contributed by atoms with Gasteiger partial charge in [0, 0.05) is 36.4 Å². The van der Waals surface area contributed by atoms with Gasteiger partial charge in [-0.3, -0.25) is 4.79 Å². The molecule has 5 rings (SSSR count). The first-order valence-electron chi connectivity index (χ1n) is 9.57. The number of amides is 1. The molecule has 2 aromatic heterocycles. The number of nitrogens with zero attached hydrogens (tertiary/aromatic N) is 3. The zero-order valence-corrected chi connectivity index (χ0v) is 15.1. The summed E-state index contributed by atoms with van der Waals surface area (Å²) < 4.78 is 11.4. The summed E-state index contributed by atoms with van der Waals surface area (Å²) in [5.41, 5.74) is 2.41. The quantitative estimate of drug-likeness (QED) is 0.713. The van der Waals surface area contributed by atoms with Gasteiger partial charge in [0.05, 0.1) is 12.1 Å². The van der Waals surface area contributed by atoms with Gasteiger partial charge in [-0.15, -0.1) is 0 Å². The van der Waals surface area contributed by atoms with Crippen LogP contribution < -0.4 is 4.74 Å². The van der Waals surface area contributed by atoms with Gasteiger partial charge in [-0.05, 0) is 31.4 Å². The lowest BCUT2D eigenvalue weighted by molar-refractivity contribution is 0.0760. The number of likely N-dealkylation sites (tertiary alicyclic amines) is 1. The Kier molecular flexibility index (Phi) is 4.03. The normalized spacial score (nSPS) is 19.3. The molecule has 3 heterocycles. The second kappa shape index (κ2) is 6.68. The number of ether oxygens (including phenoxy) is 1. The highest BCUT2D eigenvalue weighted by atomic mass is 16.5. The van der Waals surface area contributed by atoms with Crippen LogP contribution in [0.1, 0.15) is 41.1 Å². The van der Waals surface area contributed by atoms with Gasteiger partial charge >= 0.3 is 0 Å². The number of carbonyl (C=O) groups is 1. The van der Waals surface area contributed by atoms with Crippen LogP contribution in [0.15, 0.2) is 40.9 Å². The molecule has 1 aliphatic heterocycles. The standard InChI is InChI=1S/C21H21N3O3/c25-21(20-16-6-2-4-8-18(16)27-23-20)24-12-11-15(13-24)26-19-10-9-14-5-1-3-7-17(14)22-19/h1,3,5,7,9-10,15H,2,4,6,8,11-13H2. The predicted molar refractivity (Wildman–Crippen MR) is 99.8 cm³/mol. The molecule has 1 unspecified atom stereocenters. The van der Waals surface area contributed by atoms with Gasteiger partial charge in [0.1, 0.15) is 11.9 Å². The van der Waals surface area contributed by atoms with Gasteiger partial charge in [-0.2, -0.15) is 0 Å². The van der Waals surface area contributed by atoms with Crippen molar-refractivity contribution in [2.45, 2.75) is 38.2 Å². The number of aromatic nitrogens is 2. The number of carbonyl (C=O) groups excluding carboxylic acids is 1. The first kappa shape index (κ1) is 16.3. The highest BCUT2D eigenvalue weighted by Gasteiger charge is 2.33. The van der Waals surface area contributed by atoms with E-state index in [1.807, 2.05) is 41.3 Å². The lowest BCUT2D eigenvalue weighted by Gasteiger charge is -2.17. The van der Waals surface area contributed by atoms with Gasteiger partial charge in [0.15, 0.2) is 5.69 Å². The maximum atomic E-state index is 12.9. The number of rotatable bonds is 3. The molecule has 0 saturated carbocycles. The van der Waals surface area contributed by atoms with Crippen molar-refractivity contribution in [3.63, 3.8) is 0 Å². The molecule has 1 fully saturated rings. The molecule has 0 bridgehead atoms. The molecule has 6 heteroatoms. The molecule has 3 aromatic rings. The van der Waals surface area contributed by atoms with Crippen LogP contribution in [0.3, 0.4) is 0 Å². The van der Waals surface area contributed by atoms with Crippen LogP contribution in [-0.2, 0) is 12.8 Å². The van der Waals surface area contributed by atoms with Crippen molar-refractivity contribution in [1.29, 1.82) is 0 Å². The molecule has 1 aromatic carbocycles. The summed E-state index contributed by atoms with van der Waals surface area (Å²) in [6.45, 7) is 1.22. The minimum atomic E-state index is -0.0506. The molecule has 1 amide bonds. The van der Waals surface area contributed by atoms with E-state index in [-0.39, 0.29) is 12.0 Å². The third-order valence-electron chi connectivity index (χ3n) is 5.45. The molecule has 138 valence electrons. The Morgan fingerprint density at radius 2 is 2.04 bits per heavy atom. The van der Waals surface area contributed by atoms with Crippen molar-refractivity contribution < 1.29 is 14.1 Å². The van der Waals surface area contributed by atoms with Crippen LogP contribution in [-0.4, -0.2) is 40.1 Å². The van der Waals surface area contributed by atoms with E-state index in [4.69, 9.17) is 9.26 Å². The largest absolute Gasteiger partial charge is 0.472 e. The van der Waals surface area contributed by atoms with Gasteiger partial charge in [0.25, 0.3) is 5.91 Å². The van der Waals surface area contributed by atoms with Crippen molar-refractivity contribution in [3.8, 4) is 5.88 Å². The topological polar surface area (TPSA) is 68.5 Å². The second-order valence-corrected chi connectivity index (χ2v) is 7.26. The van der Waals surface area contributed by atoms with Crippen LogP contribution in [0.25, 0.3) is 10.9 Å². The smallest absolute Gasteiger partial charge is 0.276 e. The molecule has 0 N–H and O–H groups in total. The molecule has 1 aliphatic carbocycles. The third-order valence-corrected chi connectivity index (χ3v) is 5.45. The minimum Gasteiger partial charge on any atom is -0.472 e. The molecule has 6 nitrogen and oxygen atoms in total. The van der Waals surface area contributed by atoms with E-state index in [1.165, 1.54) is 0 Å². The van der Waals surface area contributed by atoms with E-state index < -0.39 is 0 Å². The molecule has 0 radical (unpaired) electrons. The number of benzene rings is 1. The minimum absolute atomic E-state index is 0.0422. The first-order valence-corrected chi connectivity index (χ1v) is 9.57. The lowest BCUT2D eigenvalue weighted by atomic mass is 9.96. The average molecular weight is 363 g/mol. The van der Waals surface area contributed by atoms with Crippen LogP contribution >= 0.6 is 0 Å². The highest BCUT2D eigenvalue weighted by Crippen LogP contribution is 2.27. The number of para-hydroxylation sites is 1. The number of hydrogen-bond acceptors (Lipinski definition) is 5. The Morgan fingerprint density at radius 1 is 1.15 bits per heavy atom. The Labute approximate surface area is 157 Å². The fraction of sp³-hybridized carbons (Fsp3) is 0.381. The van der Waals surface area contributed by atoms with Crippen molar-refractivity contribution >= 4 is 16.8 Å². The Bertz CT molecular complexity index is 997. The van der Waals surface area contributed by atoms with Crippen molar-refractivity contribution in [2.24, 2.45) is 0 Å². The summed E-state index contributed by atoms with van der Waals surface area (Å²) in [6.07, 6.45) is 4.71. The highest BCUT2D eigenvalue weighted by molar-refractivity contribution is 5.94. The second-order valence-electron chi connectivity index (χ2n) is 7.26. The number of fused-ring (bicyclic) bond motifs is 2. The fourth-order valence-corrected chi connectivity index (χ4v) is 4.00.